The molecule has 0 aliphatic heterocycles. The van der Waals surface area contributed by atoms with Crippen molar-refractivity contribution in [2.24, 2.45) is 5.41 Å². The number of ether oxygens (including phenoxy) is 2. The Kier molecular flexibility index (Phi) is 9.18. The van der Waals surface area contributed by atoms with E-state index in [2.05, 4.69) is 5.32 Å². The largest absolute Gasteiger partial charge is 0.480 e. The number of carboxylic acid groups (broad SMARTS) is 1. The van der Waals surface area contributed by atoms with E-state index in [0.717, 1.165) is 28.2 Å². The number of nitrogens with zero attached hydrogens (tertiary/aromatic N) is 1. The molecule has 3 aromatic rings. The van der Waals surface area contributed by atoms with Crippen LogP contribution in [0.25, 0.3) is 5.57 Å². The molecule has 40 heavy (non-hydrogen) atoms. The van der Waals surface area contributed by atoms with Crippen LogP contribution in [-0.4, -0.2) is 47.1 Å². The van der Waals surface area contributed by atoms with Gasteiger partial charge < -0.3 is 25.0 Å². The number of nitrogens with one attached hydrogen (secondary N) is 1. The summed E-state index contributed by atoms with van der Waals surface area (Å²) in [5.74, 6) is 0.235. The van der Waals surface area contributed by atoms with Crippen molar-refractivity contribution >= 4 is 11.5 Å². The molecule has 2 unspecified atom stereocenters. The van der Waals surface area contributed by atoms with Gasteiger partial charge in [-0.25, -0.2) is 0 Å². The maximum Gasteiger partial charge on any atom is 0.331 e. The van der Waals surface area contributed by atoms with Gasteiger partial charge in [-0.1, -0.05) is 66.7 Å². The highest BCUT2D eigenvalue weighted by Gasteiger charge is 2.46. The van der Waals surface area contributed by atoms with Crippen molar-refractivity contribution in [3.05, 3.63) is 114 Å². The van der Waals surface area contributed by atoms with Crippen LogP contribution in [0.2, 0.25) is 0 Å². The average Bonchev–Trinajstić information content (AvgIpc) is 2.96. The molecule has 3 atom stereocenters. The minimum atomic E-state index is -1.87. The van der Waals surface area contributed by atoms with Gasteiger partial charge in [0, 0.05) is 12.1 Å². The summed E-state index contributed by atoms with van der Waals surface area (Å²) in [6, 6.07) is 28.9. The number of carbonyl (C=O) groups is 1. The molecule has 7 nitrogen and oxygen atoms in total. The Morgan fingerprint density at radius 1 is 1.02 bits per heavy atom. The third-order valence-electron chi connectivity index (χ3n) is 6.78. The maximum atomic E-state index is 12.1. The van der Waals surface area contributed by atoms with Crippen molar-refractivity contribution in [3.63, 3.8) is 0 Å². The molecule has 0 spiro atoms. The maximum absolute atomic E-state index is 12.1. The molecule has 206 valence electrons. The number of benzene rings is 3. The molecule has 3 aromatic carbocycles. The first-order valence-electron chi connectivity index (χ1n) is 13.2. The lowest BCUT2D eigenvalue weighted by Gasteiger charge is -2.32. The Morgan fingerprint density at radius 2 is 1.65 bits per heavy atom. The van der Waals surface area contributed by atoms with Crippen LogP contribution in [0.1, 0.15) is 25.0 Å². The van der Waals surface area contributed by atoms with Crippen LogP contribution in [0, 0.1) is 16.7 Å². The number of allylic oxidation sites excluding steroid dienone is 2. The summed E-state index contributed by atoms with van der Waals surface area (Å²) in [6.45, 7) is 4.18. The number of carboxylic acids is 1. The summed E-state index contributed by atoms with van der Waals surface area (Å²) in [7, 11) is 0. The van der Waals surface area contributed by atoms with Crippen LogP contribution >= 0.6 is 0 Å². The van der Waals surface area contributed by atoms with E-state index in [1.807, 2.05) is 105 Å². The van der Waals surface area contributed by atoms with Crippen LogP contribution in [0.15, 0.2) is 103 Å². The van der Waals surface area contributed by atoms with E-state index in [0.29, 0.717) is 6.42 Å². The molecule has 0 amide bonds. The zero-order valence-corrected chi connectivity index (χ0v) is 22.7. The smallest absolute Gasteiger partial charge is 0.331 e. The van der Waals surface area contributed by atoms with Crippen molar-refractivity contribution in [3.8, 4) is 17.6 Å². The van der Waals surface area contributed by atoms with Crippen molar-refractivity contribution in [2.75, 3.05) is 13.2 Å². The molecule has 0 saturated heterocycles. The predicted molar refractivity (Wildman–Crippen MR) is 154 cm³/mol. The fourth-order valence-electron chi connectivity index (χ4n) is 4.55. The standard InChI is InChI=1S/C33H34N2O5/c1-32(2,20-24-13-15-29(16-14-24)40-28-11-7-4-8-12-28)35-21-27(36)22-39-30-19-26(25-9-5-3-6-10-25)17-18-33(30,23-34)31(37)38/h3-19,27,30,35-36H,20-22H2,1-2H3,(H,37,38)/t27-,30?,33?/m1/s1. The SMILES string of the molecule is CC(C)(Cc1ccc(Oc2ccccc2)cc1)NC[C@@H](O)COC1C=C(c2ccccc2)C=CC1(C#N)C(=O)O. The minimum absolute atomic E-state index is 0.137. The highest BCUT2D eigenvalue weighted by Crippen LogP contribution is 2.35. The molecule has 0 aromatic heterocycles. The van der Waals surface area contributed by atoms with Crippen LogP contribution in [0.5, 0.6) is 11.5 Å². The van der Waals surface area contributed by atoms with Gasteiger partial charge in [0.05, 0.1) is 18.8 Å². The first kappa shape index (κ1) is 28.8. The van der Waals surface area contributed by atoms with Gasteiger partial charge >= 0.3 is 5.97 Å². The number of para-hydroxylation sites is 1. The Morgan fingerprint density at radius 3 is 2.27 bits per heavy atom. The molecule has 0 radical (unpaired) electrons. The topological polar surface area (TPSA) is 112 Å². The number of rotatable bonds is 12. The van der Waals surface area contributed by atoms with Gasteiger partial charge in [0.25, 0.3) is 0 Å². The average molecular weight is 539 g/mol. The van der Waals surface area contributed by atoms with Gasteiger partial charge in [0.1, 0.15) is 17.6 Å². The second kappa shape index (κ2) is 12.8. The fourth-order valence-corrected chi connectivity index (χ4v) is 4.55. The molecule has 0 bridgehead atoms. The van der Waals surface area contributed by atoms with Crippen LogP contribution in [-0.2, 0) is 16.0 Å². The van der Waals surface area contributed by atoms with Gasteiger partial charge in [-0.2, -0.15) is 5.26 Å². The van der Waals surface area contributed by atoms with E-state index in [9.17, 15) is 20.3 Å². The number of nitriles is 1. The molecule has 4 rings (SSSR count). The number of β-amino-alcohol motifs (C(OH)–C–C–N with tert-alkyl or cyclic N) is 1. The third-order valence-corrected chi connectivity index (χ3v) is 6.78. The Labute approximate surface area is 235 Å². The summed E-state index contributed by atoms with van der Waals surface area (Å²) in [5.41, 5.74) is 0.533. The number of hydrogen-bond acceptors (Lipinski definition) is 6. The highest BCUT2D eigenvalue weighted by molar-refractivity contribution is 5.87. The highest BCUT2D eigenvalue weighted by atomic mass is 16.5. The molecule has 1 aliphatic rings. The Balaban J connectivity index is 1.32. The van der Waals surface area contributed by atoms with E-state index in [1.54, 1.807) is 12.2 Å². The van der Waals surface area contributed by atoms with E-state index in [-0.39, 0.29) is 18.7 Å². The monoisotopic (exact) mass is 538 g/mol. The van der Waals surface area contributed by atoms with Crippen LogP contribution in [0.4, 0.5) is 0 Å². The summed E-state index contributed by atoms with van der Waals surface area (Å²) >= 11 is 0. The lowest BCUT2D eigenvalue weighted by molar-refractivity contribution is -0.149. The first-order chi connectivity index (χ1) is 19.2. The second-order valence-corrected chi connectivity index (χ2v) is 10.5. The molecule has 0 saturated carbocycles. The van der Waals surface area contributed by atoms with Crippen molar-refractivity contribution < 1.29 is 24.5 Å². The summed E-state index contributed by atoms with van der Waals surface area (Å²) in [5, 5.41) is 33.7. The lowest BCUT2D eigenvalue weighted by atomic mass is 9.77. The summed E-state index contributed by atoms with van der Waals surface area (Å²) < 4.78 is 11.7. The zero-order valence-electron chi connectivity index (χ0n) is 22.7. The Hall–Kier alpha value is -4.22. The number of aliphatic hydroxyl groups is 1. The minimum Gasteiger partial charge on any atom is -0.480 e. The van der Waals surface area contributed by atoms with Gasteiger partial charge in [-0.05, 0) is 73.4 Å². The van der Waals surface area contributed by atoms with Crippen molar-refractivity contribution in [1.82, 2.24) is 5.32 Å². The van der Waals surface area contributed by atoms with E-state index in [4.69, 9.17) is 9.47 Å². The van der Waals surface area contributed by atoms with Gasteiger partial charge in [0.2, 0.25) is 5.41 Å². The number of aliphatic carboxylic acids is 1. The second-order valence-electron chi connectivity index (χ2n) is 10.5. The fraction of sp³-hybridized carbons (Fsp3) is 0.273. The normalized spacial score (nSPS) is 19.4. The van der Waals surface area contributed by atoms with Gasteiger partial charge in [-0.3, -0.25) is 4.79 Å². The predicted octanol–water partition coefficient (Wildman–Crippen LogP) is 5.38. The van der Waals surface area contributed by atoms with E-state index in [1.165, 1.54) is 6.08 Å². The molecule has 3 N–H and O–H groups in total. The molecular formula is C33H34N2O5. The summed E-state index contributed by atoms with van der Waals surface area (Å²) in [6.07, 6.45) is 3.38. The number of hydrogen-bond donors (Lipinski definition) is 3. The zero-order chi connectivity index (χ0) is 28.6. The third kappa shape index (κ3) is 7.25. The molecule has 1 aliphatic carbocycles. The van der Waals surface area contributed by atoms with Crippen molar-refractivity contribution in [1.29, 1.82) is 5.26 Å². The van der Waals surface area contributed by atoms with E-state index >= 15 is 0 Å². The quantitative estimate of drug-likeness (QED) is 0.284. The van der Waals surface area contributed by atoms with Gasteiger partial charge in [0.15, 0.2) is 0 Å². The molecular weight excluding hydrogens is 504 g/mol. The molecule has 0 fully saturated rings. The van der Waals surface area contributed by atoms with Crippen LogP contribution in [0.3, 0.4) is 0 Å². The summed E-state index contributed by atoms with van der Waals surface area (Å²) in [4.78, 5) is 12.1. The number of aliphatic hydroxyl groups excluding tert-OH is 1. The first-order valence-corrected chi connectivity index (χ1v) is 13.2. The van der Waals surface area contributed by atoms with Crippen LogP contribution < -0.4 is 10.1 Å². The van der Waals surface area contributed by atoms with Gasteiger partial charge in [-0.15, -0.1) is 0 Å². The van der Waals surface area contributed by atoms with E-state index < -0.39 is 23.6 Å². The van der Waals surface area contributed by atoms with Crippen molar-refractivity contribution in [2.45, 2.75) is 38.0 Å². The Bertz CT molecular complexity index is 1380. The molecule has 0 heterocycles. The molecule has 7 heteroatoms. The lowest BCUT2D eigenvalue weighted by Crippen LogP contribution is -2.47.